The lowest BCUT2D eigenvalue weighted by atomic mass is 10.3. The smallest absolute Gasteiger partial charge is 0.299 e. The maximum Gasteiger partial charge on any atom is 0.299 e. The van der Waals surface area contributed by atoms with E-state index < -0.39 is 10.2 Å². The lowest BCUT2D eigenvalue weighted by molar-refractivity contribution is 0.204. The highest BCUT2D eigenvalue weighted by atomic mass is 127. The van der Waals surface area contributed by atoms with Crippen LogP contribution >= 0.6 is 22.6 Å². The molecular weight excluding hydrogens is 343 g/mol. The summed E-state index contributed by atoms with van der Waals surface area (Å²) < 4.78 is 33.5. The molecule has 0 aliphatic rings. The standard InChI is InChI=1S/C9H13IN2O3S/c1-15-7-6-11-16(13,14)12-9-4-2-8(10)3-5-9/h2-5,11-12H,6-7H2,1H3. The molecule has 0 radical (unpaired) electrons. The summed E-state index contributed by atoms with van der Waals surface area (Å²) in [6, 6.07) is 7.07. The molecule has 0 atom stereocenters. The Hall–Kier alpha value is -0.380. The van der Waals surface area contributed by atoms with Crippen LogP contribution in [0.3, 0.4) is 0 Å². The zero-order valence-electron chi connectivity index (χ0n) is 8.73. The fourth-order valence-corrected chi connectivity index (χ4v) is 2.22. The Labute approximate surface area is 109 Å². The summed E-state index contributed by atoms with van der Waals surface area (Å²) in [6.45, 7) is 0.587. The van der Waals surface area contributed by atoms with E-state index in [1.165, 1.54) is 7.11 Å². The minimum absolute atomic E-state index is 0.246. The number of methoxy groups -OCH3 is 1. The first-order valence-corrected chi connectivity index (χ1v) is 7.11. The Bertz CT molecular complexity index is 419. The van der Waals surface area contributed by atoms with Crippen LogP contribution in [0.1, 0.15) is 0 Å². The molecule has 0 saturated heterocycles. The molecular formula is C9H13IN2O3S. The van der Waals surface area contributed by atoms with Gasteiger partial charge in [0.2, 0.25) is 0 Å². The van der Waals surface area contributed by atoms with Crippen LogP contribution in [0, 0.1) is 3.57 Å². The van der Waals surface area contributed by atoms with E-state index in [1.54, 1.807) is 12.1 Å². The van der Waals surface area contributed by atoms with Crippen LogP contribution in [0.2, 0.25) is 0 Å². The summed E-state index contributed by atoms with van der Waals surface area (Å²) >= 11 is 2.15. The minimum atomic E-state index is -3.50. The summed E-state index contributed by atoms with van der Waals surface area (Å²) in [4.78, 5) is 0. The van der Waals surface area contributed by atoms with Crippen LogP contribution in [0.4, 0.5) is 5.69 Å². The van der Waals surface area contributed by atoms with Crippen molar-refractivity contribution in [3.8, 4) is 0 Å². The van der Waals surface area contributed by atoms with Gasteiger partial charge in [-0.05, 0) is 46.9 Å². The van der Waals surface area contributed by atoms with Crippen molar-refractivity contribution in [1.29, 1.82) is 0 Å². The van der Waals surface area contributed by atoms with Gasteiger partial charge in [-0.25, -0.2) is 0 Å². The predicted octanol–water partition coefficient (Wildman–Crippen LogP) is 1.18. The summed E-state index contributed by atoms with van der Waals surface area (Å²) in [5.41, 5.74) is 0.533. The molecule has 0 aliphatic heterocycles. The minimum Gasteiger partial charge on any atom is -0.383 e. The number of nitrogens with one attached hydrogen (secondary N) is 2. The van der Waals surface area contributed by atoms with Crippen molar-refractivity contribution in [2.45, 2.75) is 0 Å². The van der Waals surface area contributed by atoms with Crippen LogP contribution in [-0.2, 0) is 14.9 Å². The third-order valence-corrected chi connectivity index (χ3v) is 3.50. The average Bonchev–Trinajstić information content (AvgIpc) is 2.21. The molecule has 0 aromatic heterocycles. The van der Waals surface area contributed by atoms with Gasteiger partial charge in [0.25, 0.3) is 10.2 Å². The number of rotatable bonds is 6. The quantitative estimate of drug-likeness (QED) is 0.594. The Morgan fingerprint density at radius 3 is 2.50 bits per heavy atom. The molecule has 0 fully saturated rings. The third kappa shape index (κ3) is 5.10. The monoisotopic (exact) mass is 356 g/mol. The first kappa shape index (κ1) is 13.7. The lowest BCUT2D eigenvalue weighted by Crippen LogP contribution is -2.32. The fourth-order valence-electron chi connectivity index (χ4n) is 0.987. The molecule has 0 aliphatic carbocycles. The van der Waals surface area contributed by atoms with Crippen LogP contribution in [0.5, 0.6) is 0 Å². The molecule has 1 aromatic rings. The second-order valence-corrected chi connectivity index (χ2v) is 5.74. The highest BCUT2D eigenvalue weighted by Crippen LogP contribution is 2.11. The topological polar surface area (TPSA) is 67.4 Å². The second-order valence-electron chi connectivity index (χ2n) is 3.00. The van der Waals surface area contributed by atoms with E-state index in [0.717, 1.165) is 3.57 Å². The van der Waals surface area contributed by atoms with Gasteiger partial charge in [-0.15, -0.1) is 0 Å². The number of ether oxygens (including phenoxy) is 1. The van der Waals surface area contributed by atoms with Crippen molar-refractivity contribution in [3.63, 3.8) is 0 Å². The van der Waals surface area contributed by atoms with Crippen LogP contribution in [0.25, 0.3) is 0 Å². The Morgan fingerprint density at radius 1 is 1.31 bits per heavy atom. The molecule has 0 spiro atoms. The van der Waals surface area contributed by atoms with Gasteiger partial charge in [0, 0.05) is 22.9 Å². The number of hydrogen-bond acceptors (Lipinski definition) is 3. The Morgan fingerprint density at radius 2 is 1.94 bits per heavy atom. The normalized spacial score (nSPS) is 11.4. The van der Waals surface area contributed by atoms with E-state index in [1.807, 2.05) is 12.1 Å². The number of hydrogen-bond donors (Lipinski definition) is 2. The summed E-state index contributed by atoms with van der Waals surface area (Å²) in [7, 11) is -1.99. The Kier molecular flexibility index (Phi) is 5.46. The molecule has 1 aromatic carbocycles. The SMILES string of the molecule is COCCNS(=O)(=O)Nc1ccc(I)cc1. The first-order valence-electron chi connectivity index (χ1n) is 4.55. The highest BCUT2D eigenvalue weighted by molar-refractivity contribution is 14.1. The van der Waals surface area contributed by atoms with Gasteiger partial charge in [-0.2, -0.15) is 13.1 Å². The largest absolute Gasteiger partial charge is 0.383 e. The van der Waals surface area contributed by atoms with Crippen molar-refractivity contribution in [2.75, 3.05) is 25.0 Å². The molecule has 0 heterocycles. The molecule has 7 heteroatoms. The van der Waals surface area contributed by atoms with E-state index in [9.17, 15) is 8.42 Å². The Balaban J connectivity index is 2.55. The van der Waals surface area contributed by atoms with Gasteiger partial charge in [0.05, 0.1) is 6.61 Å². The number of anilines is 1. The molecule has 0 saturated carbocycles. The van der Waals surface area contributed by atoms with Crippen LogP contribution < -0.4 is 9.44 Å². The van der Waals surface area contributed by atoms with Crippen molar-refractivity contribution in [1.82, 2.24) is 4.72 Å². The maximum absolute atomic E-state index is 11.5. The van der Waals surface area contributed by atoms with Crippen molar-refractivity contribution in [3.05, 3.63) is 27.8 Å². The van der Waals surface area contributed by atoms with E-state index in [2.05, 4.69) is 32.0 Å². The molecule has 0 amide bonds. The van der Waals surface area contributed by atoms with Crippen molar-refractivity contribution in [2.24, 2.45) is 0 Å². The van der Waals surface area contributed by atoms with Gasteiger partial charge in [-0.1, -0.05) is 0 Å². The molecule has 1 rings (SSSR count). The van der Waals surface area contributed by atoms with Gasteiger partial charge in [-0.3, -0.25) is 4.72 Å². The van der Waals surface area contributed by atoms with Gasteiger partial charge in [0.1, 0.15) is 0 Å². The van der Waals surface area contributed by atoms with Gasteiger partial charge in [0.15, 0.2) is 0 Å². The fraction of sp³-hybridized carbons (Fsp3) is 0.333. The van der Waals surface area contributed by atoms with Crippen molar-refractivity contribution < 1.29 is 13.2 Å². The number of halogens is 1. The van der Waals surface area contributed by atoms with Crippen molar-refractivity contribution >= 4 is 38.5 Å². The molecule has 2 N–H and O–H groups in total. The number of benzene rings is 1. The zero-order valence-corrected chi connectivity index (χ0v) is 11.7. The van der Waals surface area contributed by atoms with Crippen LogP contribution in [-0.4, -0.2) is 28.7 Å². The molecule has 0 unspecified atom stereocenters. The van der Waals surface area contributed by atoms with E-state index in [-0.39, 0.29) is 6.54 Å². The average molecular weight is 356 g/mol. The van der Waals surface area contributed by atoms with Crippen LogP contribution in [0.15, 0.2) is 24.3 Å². The molecule has 90 valence electrons. The second kappa shape index (κ2) is 6.38. The lowest BCUT2D eigenvalue weighted by Gasteiger charge is -2.08. The van der Waals surface area contributed by atoms with Gasteiger partial charge >= 0.3 is 0 Å². The summed E-state index contributed by atoms with van der Waals surface area (Å²) in [5, 5.41) is 0. The third-order valence-electron chi connectivity index (χ3n) is 1.69. The van der Waals surface area contributed by atoms with E-state index >= 15 is 0 Å². The maximum atomic E-state index is 11.5. The summed E-state index contributed by atoms with van der Waals surface area (Å²) in [5.74, 6) is 0. The summed E-state index contributed by atoms with van der Waals surface area (Å²) in [6.07, 6.45) is 0. The molecule has 0 bridgehead atoms. The van der Waals surface area contributed by atoms with E-state index in [0.29, 0.717) is 12.3 Å². The molecule has 5 nitrogen and oxygen atoms in total. The van der Waals surface area contributed by atoms with E-state index in [4.69, 9.17) is 4.74 Å². The highest BCUT2D eigenvalue weighted by Gasteiger charge is 2.08. The van der Waals surface area contributed by atoms with Gasteiger partial charge < -0.3 is 4.74 Å². The molecule has 16 heavy (non-hydrogen) atoms. The first-order chi connectivity index (χ1) is 7.53. The predicted molar refractivity (Wildman–Crippen MR) is 71.6 cm³/mol. The zero-order chi connectivity index (χ0) is 12.0.